The molecule has 0 saturated heterocycles. The van der Waals surface area contributed by atoms with E-state index in [9.17, 15) is 18.8 Å². The molecular formula is C19H18FNO6. The van der Waals surface area contributed by atoms with E-state index < -0.39 is 17.8 Å². The van der Waals surface area contributed by atoms with Crippen molar-refractivity contribution in [1.82, 2.24) is 4.90 Å². The number of amides is 2. The summed E-state index contributed by atoms with van der Waals surface area (Å²) in [7, 11) is 1.11. The summed E-state index contributed by atoms with van der Waals surface area (Å²) in [6, 6.07) is 12.2. The molecule has 0 heterocycles. The van der Waals surface area contributed by atoms with Crippen molar-refractivity contribution in [2.75, 3.05) is 20.3 Å². The van der Waals surface area contributed by atoms with Crippen molar-refractivity contribution in [2.45, 2.75) is 6.92 Å². The second-order valence-electron chi connectivity index (χ2n) is 5.36. The van der Waals surface area contributed by atoms with Crippen LogP contribution in [0.15, 0.2) is 48.5 Å². The number of nitrogens with zero attached hydrogens (tertiary/aromatic N) is 1. The first-order valence-corrected chi connectivity index (χ1v) is 7.97. The molecule has 0 aliphatic heterocycles. The Morgan fingerprint density at radius 2 is 1.44 bits per heavy atom. The van der Waals surface area contributed by atoms with Crippen LogP contribution in [-0.2, 0) is 14.3 Å². The Hall–Kier alpha value is -3.42. The average Bonchev–Trinajstić information content (AvgIpc) is 2.67. The second-order valence-corrected chi connectivity index (χ2v) is 5.36. The van der Waals surface area contributed by atoms with Crippen LogP contribution in [0.1, 0.15) is 6.92 Å². The van der Waals surface area contributed by atoms with E-state index in [1.54, 1.807) is 24.3 Å². The third kappa shape index (κ3) is 5.81. The Bertz CT molecular complexity index is 804. The van der Waals surface area contributed by atoms with Gasteiger partial charge in [-0.3, -0.25) is 9.59 Å². The Morgan fingerprint density at radius 3 is 1.96 bits per heavy atom. The molecule has 0 fully saturated rings. The van der Waals surface area contributed by atoms with Crippen LogP contribution < -0.4 is 9.47 Å². The fourth-order valence-electron chi connectivity index (χ4n) is 2.07. The lowest BCUT2D eigenvalue weighted by molar-refractivity contribution is -0.142. The van der Waals surface area contributed by atoms with Crippen LogP contribution >= 0.6 is 0 Å². The normalized spacial score (nSPS) is 10.0. The topological polar surface area (TPSA) is 82.1 Å². The number of imide groups is 1. The van der Waals surface area contributed by atoms with Crippen LogP contribution in [0.3, 0.4) is 0 Å². The number of halogens is 1. The van der Waals surface area contributed by atoms with Crippen LogP contribution in [0.4, 0.5) is 9.18 Å². The van der Waals surface area contributed by atoms with Gasteiger partial charge >= 0.3 is 6.09 Å². The number of carbonyl (C=O) groups excluding carboxylic acids is 3. The van der Waals surface area contributed by atoms with Crippen molar-refractivity contribution in [3.05, 3.63) is 54.3 Å². The first kappa shape index (κ1) is 19.9. The van der Waals surface area contributed by atoms with Crippen molar-refractivity contribution in [3.8, 4) is 17.2 Å². The second kappa shape index (κ2) is 9.33. The minimum absolute atomic E-state index is 0.0215. The van der Waals surface area contributed by atoms with Crippen LogP contribution in [-0.4, -0.2) is 42.9 Å². The van der Waals surface area contributed by atoms with Gasteiger partial charge in [0.15, 0.2) is 0 Å². The van der Waals surface area contributed by atoms with Gasteiger partial charge < -0.3 is 14.2 Å². The maximum absolute atomic E-state index is 12.9. The number of hydrogen-bond acceptors (Lipinski definition) is 6. The predicted octanol–water partition coefficient (Wildman–Crippen LogP) is 3.18. The molecule has 0 spiro atoms. The van der Waals surface area contributed by atoms with Gasteiger partial charge in [-0.2, -0.15) is 0 Å². The zero-order valence-corrected chi connectivity index (χ0v) is 14.8. The van der Waals surface area contributed by atoms with Gasteiger partial charge in [-0.1, -0.05) is 0 Å². The molecule has 142 valence electrons. The minimum Gasteiger partial charge on any atom is -0.492 e. The highest BCUT2D eigenvalue weighted by Crippen LogP contribution is 2.24. The lowest BCUT2D eigenvalue weighted by Gasteiger charge is -2.18. The van der Waals surface area contributed by atoms with Crippen molar-refractivity contribution >= 4 is 17.8 Å². The molecule has 0 radical (unpaired) electrons. The minimum atomic E-state index is -0.964. The van der Waals surface area contributed by atoms with E-state index >= 15 is 0 Å². The molecule has 0 saturated carbocycles. The summed E-state index contributed by atoms with van der Waals surface area (Å²) in [6.45, 7) is 0.907. The number of hydrogen-bond donors (Lipinski definition) is 0. The smallest absolute Gasteiger partial charge is 0.416 e. The molecule has 2 aromatic carbocycles. The third-order valence-corrected chi connectivity index (χ3v) is 3.40. The largest absolute Gasteiger partial charge is 0.492 e. The summed E-state index contributed by atoms with van der Waals surface area (Å²) in [4.78, 5) is 35.1. The van der Waals surface area contributed by atoms with Crippen LogP contribution in [0, 0.1) is 5.82 Å². The quantitative estimate of drug-likeness (QED) is 0.692. The Kier molecular flexibility index (Phi) is 6.87. The van der Waals surface area contributed by atoms with Gasteiger partial charge in [-0.05, 0) is 48.5 Å². The SMILES string of the molecule is COC(=O)N(CCOc1ccc(Oc2ccc(F)cc2)cc1)C(=O)C(C)=O. The van der Waals surface area contributed by atoms with Gasteiger partial charge in [-0.25, -0.2) is 14.1 Å². The van der Waals surface area contributed by atoms with Crippen molar-refractivity contribution in [2.24, 2.45) is 0 Å². The molecule has 0 bridgehead atoms. The monoisotopic (exact) mass is 375 g/mol. The molecule has 0 aromatic heterocycles. The summed E-state index contributed by atoms with van der Waals surface area (Å²) < 4.78 is 28.4. The average molecular weight is 375 g/mol. The number of rotatable bonds is 7. The van der Waals surface area contributed by atoms with E-state index in [4.69, 9.17) is 9.47 Å². The highest BCUT2D eigenvalue weighted by atomic mass is 19.1. The Balaban J connectivity index is 1.90. The first-order chi connectivity index (χ1) is 12.9. The maximum Gasteiger partial charge on any atom is 0.416 e. The lowest BCUT2D eigenvalue weighted by atomic mass is 10.3. The van der Waals surface area contributed by atoms with Crippen molar-refractivity contribution in [1.29, 1.82) is 0 Å². The van der Waals surface area contributed by atoms with Crippen LogP contribution in [0.2, 0.25) is 0 Å². The number of ketones is 1. The standard InChI is InChI=1S/C19H18FNO6/c1-13(22)18(23)21(19(24)25-2)11-12-26-15-7-9-17(10-8-15)27-16-5-3-14(20)4-6-16/h3-10H,11-12H2,1-2H3. The Labute approximate surface area is 155 Å². The lowest BCUT2D eigenvalue weighted by Crippen LogP contribution is -2.42. The number of ether oxygens (including phenoxy) is 3. The molecule has 27 heavy (non-hydrogen) atoms. The molecule has 0 atom stereocenters. The maximum atomic E-state index is 12.9. The summed E-state index contributed by atoms with van der Waals surface area (Å²) in [6.07, 6.45) is -0.929. The number of Topliss-reactive ketones (excluding diaryl/α,β-unsaturated/α-hetero) is 1. The molecule has 0 unspecified atom stereocenters. The summed E-state index contributed by atoms with van der Waals surface area (Å²) in [5.41, 5.74) is 0. The van der Waals surface area contributed by atoms with E-state index in [1.165, 1.54) is 24.3 Å². The molecule has 0 aliphatic rings. The molecule has 2 aromatic rings. The number of carbonyl (C=O) groups is 3. The van der Waals surface area contributed by atoms with Gasteiger partial charge in [0.1, 0.15) is 29.7 Å². The van der Waals surface area contributed by atoms with E-state index in [-0.39, 0.29) is 19.0 Å². The summed E-state index contributed by atoms with van der Waals surface area (Å²) in [5, 5.41) is 0. The van der Waals surface area contributed by atoms with Gasteiger partial charge in [0.05, 0.1) is 13.7 Å². The van der Waals surface area contributed by atoms with Crippen molar-refractivity contribution < 1.29 is 33.0 Å². The molecule has 0 N–H and O–H groups in total. The van der Waals surface area contributed by atoms with Crippen molar-refractivity contribution in [3.63, 3.8) is 0 Å². The predicted molar refractivity (Wildman–Crippen MR) is 93.2 cm³/mol. The Morgan fingerprint density at radius 1 is 0.926 bits per heavy atom. The highest BCUT2D eigenvalue weighted by Gasteiger charge is 2.25. The zero-order valence-electron chi connectivity index (χ0n) is 14.8. The van der Waals surface area contributed by atoms with E-state index in [2.05, 4.69) is 4.74 Å². The third-order valence-electron chi connectivity index (χ3n) is 3.40. The number of methoxy groups -OCH3 is 1. The molecular weight excluding hydrogens is 357 g/mol. The van der Waals surface area contributed by atoms with Crippen LogP contribution in [0.5, 0.6) is 17.2 Å². The van der Waals surface area contributed by atoms with Gasteiger partial charge in [-0.15, -0.1) is 0 Å². The van der Waals surface area contributed by atoms with Gasteiger partial charge in [0.2, 0.25) is 5.78 Å². The first-order valence-electron chi connectivity index (χ1n) is 7.97. The number of benzene rings is 2. The summed E-state index contributed by atoms with van der Waals surface area (Å²) >= 11 is 0. The highest BCUT2D eigenvalue weighted by molar-refractivity contribution is 6.37. The van der Waals surface area contributed by atoms with E-state index in [1.807, 2.05) is 0 Å². The molecule has 0 aliphatic carbocycles. The van der Waals surface area contributed by atoms with Gasteiger partial charge in [0.25, 0.3) is 5.91 Å². The summed E-state index contributed by atoms with van der Waals surface area (Å²) in [5.74, 6) is -0.605. The fourth-order valence-corrected chi connectivity index (χ4v) is 2.07. The fraction of sp³-hybridized carbons (Fsp3) is 0.211. The van der Waals surface area contributed by atoms with Crippen LogP contribution in [0.25, 0.3) is 0 Å². The van der Waals surface area contributed by atoms with E-state index in [0.29, 0.717) is 22.1 Å². The molecule has 2 amide bonds. The molecule has 7 nitrogen and oxygen atoms in total. The zero-order chi connectivity index (χ0) is 19.8. The van der Waals surface area contributed by atoms with Gasteiger partial charge in [0, 0.05) is 6.92 Å². The molecule has 8 heteroatoms. The van der Waals surface area contributed by atoms with E-state index in [0.717, 1.165) is 14.0 Å². The molecule has 2 rings (SSSR count).